The molecule has 0 bridgehead atoms. The van der Waals surface area contributed by atoms with E-state index in [9.17, 15) is 14.4 Å². The number of nitrogens with zero attached hydrogens (tertiary/aromatic N) is 1. The van der Waals surface area contributed by atoms with Crippen LogP contribution in [-0.2, 0) is 19.1 Å². The van der Waals surface area contributed by atoms with Gasteiger partial charge in [0.25, 0.3) is 0 Å². The minimum Gasteiger partial charge on any atom is -0.481 e. The lowest BCUT2D eigenvalue weighted by Crippen LogP contribution is -2.41. The van der Waals surface area contributed by atoms with Crippen molar-refractivity contribution < 1.29 is 24.2 Å². The molecule has 1 N–H and O–H groups in total. The highest BCUT2D eigenvalue weighted by atomic mass is 16.5. The molecule has 0 aromatic carbocycles. The van der Waals surface area contributed by atoms with Crippen LogP contribution in [0.15, 0.2) is 0 Å². The average Bonchev–Trinajstić information content (AvgIpc) is 2.63. The van der Waals surface area contributed by atoms with Crippen molar-refractivity contribution in [1.29, 1.82) is 0 Å². The summed E-state index contributed by atoms with van der Waals surface area (Å²) in [5.74, 6) is -2.20. The van der Waals surface area contributed by atoms with Gasteiger partial charge in [-0.05, 0) is 12.8 Å². The van der Waals surface area contributed by atoms with Gasteiger partial charge in [0, 0.05) is 6.54 Å². The molecular weight excluding hydrogens is 202 g/mol. The van der Waals surface area contributed by atoms with E-state index in [1.807, 2.05) is 0 Å². The van der Waals surface area contributed by atoms with Crippen LogP contribution < -0.4 is 0 Å². The van der Waals surface area contributed by atoms with Crippen molar-refractivity contribution in [2.75, 3.05) is 13.7 Å². The third-order valence-electron chi connectivity index (χ3n) is 2.35. The monoisotopic (exact) mass is 215 g/mol. The van der Waals surface area contributed by atoms with Gasteiger partial charge in [0.15, 0.2) is 0 Å². The van der Waals surface area contributed by atoms with Gasteiger partial charge in [-0.15, -0.1) is 0 Å². The fraction of sp³-hybridized carbons (Fsp3) is 0.667. The molecular formula is C9H13NO5. The average molecular weight is 215 g/mol. The van der Waals surface area contributed by atoms with Crippen molar-refractivity contribution in [3.8, 4) is 0 Å². The first kappa shape index (κ1) is 11.5. The summed E-state index contributed by atoms with van der Waals surface area (Å²) in [5.41, 5.74) is 0. The highest BCUT2D eigenvalue weighted by molar-refractivity contribution is 5.95. The number of hydrogen-bond donors (Lipinski definition) is 1. The molecule has 1 heterocycles. The van der Waals surface area contributed by atoms with Gasteiger partial charge in [-0.2, -0.15) is 0 Å². The number of rotatable bonds is 3. The van der Waals surface area contributed by atoms with Crippen LogP contribution in [0.1, 0.15) is 19.3 Å². The summed E-state index contributed by atoms with van der Waals surface area (Å²) in [4.78, 5) is 34.3. The summed E-state index contributed by atoms with van der Waals surface area (Å²) < 4.78 is 4.54. The molecule has 0 aromatic heterocycles. The number of methoxy groups -OCH3 is 1. The van der Waals surface area contributed by atoms with Gasteiger partial charge in [-0.25, -0.2) is 4.79 Å². The normalized spacial score (nSPS) is 20.1. The fourth-order valence-electron chi connectivity index (χ4n) is 1.68. The quantitative estimate of drug-likeness (QED) is 0.512. The van der Waals surface area contributed by atoms with Crippen LogP contribution in [0.25, 0.3) is 0 Å². The SMILES string of the molecule is COC(=O)C1CCCN1C(=O)CC(=O)O. The van der Waals surface area contributed by atoms with E-state index in [1.165, 1.54) is 12.0 Å². The Morgan fingerprint density at radius 3 is 2.67 bits per heavy atom. The maximum absolute atomic E-state index is 11.4. The fourth-order valence-corrected chi connectivity index (χ4v) is 1.68. The summed E-state index contributed by atoms with van der Waals surface area (Å²) in [7, 11) is 1.25. The molecule has 1 unspecified atom stereocenters. The van der Waals surface area contributed by atoms with E-state index in [4.69, 9.17) is 5.11 Å². The highest BCUT2D eigenvalue weighted by Crippen LogP contribution is 2.19. The number of carbonyl (C=O) groups is 3. The van der Waals surface area contributed by atoms with Crippen LogP contribution in [0.5, 0.6) is 0 Å². The number of carbonyl (C=O) groups excluding carboxylic acids is 2. The van der Waals surface area contributed by atoms with Gasteiger partial charge >= 0.3 is 11.9 Å². The zero-order chi connectivity index (χ0) is 11.4. The minimum absolute atomic E-state index is 0.422. The summed E-state index contributed by atoms with van der Waals surface area (Å²) in [6.07, 6.45) is 0.663. The number of esters is 1. The first-order valence-electron chi connectivity index (χ1n) is 4.65. The topological polar surface area (TPSA) is 83.9 Å². The summed E-state index contributed by atoms with van der Waals surface area (Å²) in [5, 5.41) is 8.46. The molecule has 1 atom stereocenters. The van der Waals surface area contributed by atoms with Gasteiger partial charge in [-0.3, -0.25) is 9.59 Å². The van der Waals surface area contributed by atoms with E-state index in [0.717, 1.165) is 0 Å². The lowest BCUT2D eigenvalue weighted by molar-refractivity contribution is -0.153. The van der Waals surface area contributed by atoms with E-state index in [1.54, 1.807) is 0 Å². The summed E-state index contributed by atoms with van der Waals surface area (Å²) >= 11 is 0. The van der Waals surface area contributed by atoms with E-state index in [2.05, 4.69) is 4.74 Å². The predicted molar refractivity (Wildman–Crippen MR) is 49.0 cm³/mol. The number of likely N-dealkylation sites (tertiary alicyclic amines) is 1. The van der Waals surface area contributed by atoms with E-state index < -0.39 is 30.3 Å². The third-order valence-corrected chi connectivity index (χ3v) is 2.35. The second-order valence-electron chi connectivity index (χ2n) is 3.34. The largest absolute Gasteiger partial charge is 0.481 e. The Morgan fingerprint density at radius 2 is 2.13 bits per heavy atom. The third kappa shape index (κ3) is 2.68. The van der Waals surface area contributed by atoms with Crippen LogP contribution in [0.4, 0.5) is 0 Å². The zero-order valence-corrected chi connectivity index (χ0v) is 8.43. The molecule has 6 nitrogen and oxygen atoms in total. The molecule has 0 aliphatic carbocycles. The maximum atomic E-state index is 11.4. The standard InChI is InChI=1S/C9H13NO5/c1-15-9(14)6-3-2-4-10(6)7(11)5-8(12)13/h6H,2-5H2,1H3,(H,12,13). The molecule has 1 rings (SSSR count). The number of amides is 1. The molecule has 1 fully saturated rings. The van der Waals surface area contributed by atoms with Crippen molar-refractivity contribution in [2.45, 2.75) is 25.3 Å². The minimum atomic E-state index is -1.18. The zero-order valence-electron chi connectivity index (χ0n) is 8.43. The summed E-state index contributed by atoms with van der Waals surface area (Å²) in [6, 6.07) is -0.609. The molecule has 1 amide bonds. The van der Waals surface area contributed by atoms with Crippen molar-refractivity contribution in [2.24, 2.45) is 0 Å². The number of carboxylic acid groups (broad SMARTS) is 1. The molecule has 6 heteroatoms. The van der Waals surface area contributed by atoms with Crippen LogP contribution in [0, 0.1) is 0 Å². The highest BCUT2D eigenvalue weighted by Gasteiger charge is 2.35. The van der Waals surface area contributed by atoms with Crippen LogP contribution in [-0.4, -0.2) is 47.5 Å². The Kier molecular flexibility index (Phi) is 3.65. The van der Waals surface area contributed by atoms with Gasteiger partial charge in [0.1, 0.15) is 12.5 Å². The molecule has 1 aliphatic rings. The molecule has 15 heavy (non-hydrogen) atoms. The van der Waals surface area contributed by atoms with Crippen molar-refractivity contribution in [3.63, 3.8) is 0 Å². The molecule has 0 spiro atoms. The van der Waals surface area contributed by atoms with Crippen LogP contribution in [0.3, 0.4) is 0 Å². The van der Waals surface area contributed by atoms with Gasteiger partial charge in [0.2, 0.25) is 5.91 Å². The van der Waals surface area contributed by atoms with Crippen LogP contribution in [0.2, 0.25) is 0 Å². The van der Waals surface area contributed by atoms with Crippen LogP contribution >= 0.6 is 0 Å². The smallest absolute Gasteiger partial charge is 0.328 e. The Morgan fingerprint density at radius 1 is 1.47 bits per heavy atom. The second-order valence-corrected chi connectivity index (χ2v) is 3.34. The number of aliphatic carboxylic acids is 1. The lowest BCUT2D eigenvalue weighted by Gasteiger charge is -2.21. The second kappa shape index (κ2) is 4.77. The number of ether oxygens (including phenoxy) is 1. The Bertz CT molecular complexity index is 288. The molecule has 0 aromatic rings. The first-order valence-corrected chi connectivity index (χ1v) is 4.65. The van der Waals surface area contributed by atoms with E-state index in [-0.39, 0.29) is 0 Å². The number of hydrogen-bond acceptors (Lipinski definition) is 4. The Balaban J connectivity index is 2.63. The van der Waals surface area contributed by atoms with Crippen molar-refractivity contribution >= 4 is 17.8 Å². The maximum Gasteiger partial charge on any atom is 0.328 e. The van der Waals surface area contributed by atoms with Gasteiger partial charge < -0.3 is 14.7 Å². The van der Waals surface area contributed by atoms with E-state index >= 15 is 0 Å². The predicted octanol–water partition coefficient (Wildman–Crippen LogP) is -0.375. The van der Waals surface area contributed by atoms with E-state index in [0.29, 0.717) is 19.4 Å². The molecule has 0 radical (unpaired) electrons. The van der Waals surface area contributed by atoms with Gasteiger partial charge in [0.05, 0.1) is 7.11 Å². The molecule has 0 saturated carbocycles. The number of carboxylic acids is 1. The molecule has 84 valence electrons. The first-order chi connectivity index (χ1) is 7.06. The van der Waals surface area contributed by atoms with Gasteiger partial charge in [-0.1, -0.05) is 0 Å². The van der Waals surface area contributed by atoms with Crippen molar-refractivity contribution in [1.82, 2.24) is 4.90 Å². The van der Waals surface area contributed by atoms with Crippen molar-refractivity contribution in [3.05, 3.63) is 0 Å². The Hall–Kier alpha value is -1.59. The lowest BCUT2D eigenvalue weighted by atomic mass is 10.2. The summed E-state index contributed by atoms with van der Waals surface area (Å²) in [6.45, 7) is 0.422. The molecule has 1 aliphatic heterocycles. The Labute approximate surface area is 86.8 Å². The molecule has 1 saturated heterocycles.